The minimum absolute atomic E-state index is 0.0910. The van der Waals surface area contributed by atoms with Gasteiger partial charge in [0.2, 0.25) is 0 Å². The Hall–Kier alpha value is -2.41. The first-order valence-electron chi connectivity index (χ1n) is 10.0. The van der Waals surface area contributed by atoms with Gasteiger partial charge in [-0.2, -0.15) is 0 Å². The first kappa shape index (κ1) is 23.6. The van der Waals surface area contributed by atoms with E-state index in [1.54, 1.807) is 12.1 Å². The fraction of sp³-hybridized carbons (Fsp3) is 0.571. The Bertz CT molecular complexity index is 639. The highest BCUT2D eigenvalue weighted by atomic mass is 16.6. The van der Waals surface area contributed by atoms with Gasteiger partial charge in [0.1, 0.15) is 0 Å². The molecule has 0 fully saturated rings. The van der Waals surface area contributed by atoms with Crippen molar-refractivity contribution in [1.29, 1.82) is 0 Å². The van der Waals surface area contributed by atoms with Gasteiger partial charge in [-0.25, -0.2) is 4.99 Å². The van der Waals surface area contributed by atoms with E-state index >= 15 is 0 Å². The lowest BCUT2D eigenvalue weighted by Crippen LogP contribution is -2.43. The van der Waals surface area contributed by atoms with Crippen molar-refractivity contribution in [3.05, 3.63) is 52.1 Å². The minimum atomic E-state index is -0.395. The van der Waals surface area contributed by atoms with Crippen LogP contribution in [0.25, 0.3) is 0 Å². The number of nitrogens with zero attached hydrogens (tertiary/aromatic N) is 3. The molecule has 0 aliphatic carbocycles. The van der Waals surface area contributed by atoms with Crippen LogP contribution in [0.2, 0.25) is 0 Å². The molecule has 2 N–H and O–H groups in total. The Kier molecular flexibility index (Phi) is 10.9. The van der Waals surface area contributed by atoms with Crippen molar-refractivity contribution in [3.63, 3.8) is 0 Å². The fourth-order valence-corrected chi connectivity index (χ4v) is 2.75. The molecule has 0 saturated heterocycles. The predicted molar refractivity (Wildman–Crippen MR) is 117 cm³/mol. The van der Waals surface area contributed by atoms with E-state index < -0.39 is 4.92 Å². The third kappa shape index (κ3) is 9.50. The van der Waals surface area contributed by atoms with Crippen LogP contribution in [0.5, 0.6) is 0 Å². The van der Waals surface area contributed by atoms with Crippen LogP contribution < -0.4 is 10.6 Å². The molecule has 1 atom stereocenters. The van der Waals surface area contributed by atoms with E-state index in [1.165, 1.54) is 12.1 Å². The summed E-state index contributed by atoms with van der Waals surface area (Å²) in [6.45, 7) is 16.8. The zero-order chi connectivity index (χ0) is 20.9. The number of rotatable bonds is 12. The number of nitro groups is 1. The molecule has 1 unspecified atom stereocenters. The molecular weight excluding hydrogens is 354 g/mol. The van der Waals surface area contributed by atoms with Crippen LogP contribution in [-0.2, 0) is 6.54 Å². The van der Waals surface area contributed by atoms with E-state index in [2.05, 4.69) is 47.9 Å². The second-order valence-corrected chi connectivity index (χ2v) is 7.11. The summed E-state index contributed by atoms with van der Waals surface area (Å²) in [5, 5.41) is 17.5. The van der Waals surface area contributed by atoms with Gasteiger partial charge in [0.15, 0.2) is 5.96 Å². The lowest BCUT2D eigenvalue weighted by molar-refractivity contribution is -0.384. The summed E-state index contributed by atoms with van der Waals surface area (Å²) in [5.41, 5.74) is 2.04. The molecule has 0 aliphatic rings. The SMILES string of the molecule is C=C(C)CNC(=NCc1ccc([N+](=O)[O-])cc1)NC(C)CCCN(CC)CC. The first-order chi connectivity index (χ1) is 13.3. The molecule has 1 aromatic carbocycles. The maximum absolute atomic E-state index is 10.8. The van der Waals surface area contributed by atoms with Crippen LogP contribution in [0.1, 0.15) is 46.1 Å². The lowest BCUT2D eigenvalue weighted by Gasteiger charge is -2.21. The summed E-state index contributed by atoms with van der Waals surface area (Å²) in [4.78, 5) is 17.4. The molecule has 0 aromatic heterocycles. The molecule has 1 aromatic rings. The molecule has 0 heterocycles. The first-order valence-corrected chi connectivity index (χ1v) is 10.0. The van der Waals surface area contributed by atoms with Crippen molar-refractivity contribution in [2.75, 3.05) is 26.2 Å². The number of benzene rings is 1. The number of non-ortho nitro benzene ring substituents is 1. The maximum Gasteiger partial charge on any atom is 0.269 e. The number of hydrogen-bond donors (Lipinski definition) is 2. The third-order valence-electron chi connectivity index (χ3n) is 4.51. The van der Waals surface area contributed by atoms with E-state index in [0.29, 0.717) is 19.1 Å². The Morgan fingerprint density at radius 1 is 1.29 bits per heavy atom. The van der Waals surface area contributed by atoms with Gasteiger partial charge in [-0.05, 0) is 51.9 Å². The molecule has 0 amide bonds. The van der Waals surface area contributed by atoms with Gasteiger partial charge >= 0.3 is 0 Å². The zero-order valence-electron chi connectivity index (χ0n) is 17.7. The van der Waals surface area contributed by atoms with Gasteiger partial charge < -0.3 is 15.5 Å². The van der Waals surface area contributed by atoms with Crippen molar-refractivity contribution in [3.8, 4) is 0 Å². The highest BCUT2D eigenvalue weighted by Gasteiger charge is 2.08. The van der Waals surface area contributed by atoms with E-state index in [4.69, 9.17) is 0 Å². The average Bonchev–Trinajstić information content (AvgIpc) is 2.67. The average molecular weight is 390 g/mol. The Morgan fingerprint density at radius 3 is 2.46 bits per heavy atom. The minimum Gasteiger partial charge on any atom is -0.354 e. The molecule has 0 radical (unpaired) electrons. The molecule has 0 aliphatic heterocycles. The van der Waals surface area contributed by atoms with Crippen LogP contribution in [0.4, 0.5) is 5.69 Å². The molecular formula is C21H35N5O2. The Balaban J connectivity index is 2.63. The zero-order valence-corrected chi connectivity index (χ0v) is 17.7. The second kappa shape index (κ2) is 12.9. The summed E-state index contributed by atoms with van der Waals surface area (Å²) < 4.78 is 0. The summed E-state index contributed by atoms with van der Waals surface area (Å²) in [5.74, 6) is 0.733. The largest absolute Gasteiger partial charge is 0.354 e. The summed E-state index contributed by atoms with van der Waals surface area (Å²) in [6, 6.07) is 6.80. The number of hydrogen-bond acceptors (Lipinski definition) is 4. The maximum atomic E-state index is 10.8. The molecule has 1 rings (SSSR count). The second-order valence-electron chi connectivity index (χ2n) is 7.11. The van der Waals surface area contributed by atoms with Gasteiger partial charge in [-0.1, -0.05) is 38.1 Å². The molecule has 7 nitrogen and oxygen atoms in total. The molecule has 7 heteroatoms. The Labute approximate surface area is 169 Å². The number of guanidine groups is 1. The number of aliphatic imine (C=N–C) groups is 1. The smallest absolute Gasteiger partial charge is 0.269 e. The van der Waals surface area contributed by atoms with Gasteiger partial charge in [0.25, 0.3) is 5.69 Å². The van der Waals surface area contributed by atoms with E-state index in [-0.39, 0.29) is 5.69 Å². The van der Waals surface area contributed by atoms with E-state index in [9.17, 15) is 10.1 Å². The topological polar surface area (TPSA) is 82.8 Å². The molecule has 28 heavy (non-hydrogen) atoms. The normalized spacial score (nSPS) is 12.7. The third-order valence-corrected chi connectivity index (χ3v) is 4.51. The van der Waals surface area contributed by atoms with Gasteiger partial charge in [-0.3, -0.25) is 10.1 Å². The lowest BCUT2D eigenvalue weighted by atomic mass is 10.2. The summed E-state index contributed by atoms with van der Waals surface area (Å²) in [6.07, 6.45) is 2.19. The quantitative estimate of drug-likeness (QED) is 0.187. The molecule has 0 saturated carbocycles. The van der Waals surface area contributed by atoms with E-state index in [1.807, 2.05) is 6.92 Å². The Morgan fingerprint density at radius 2 is 1.93 bits per heavy atom. The van der Waals surface area contributed by atoms with Gasteiger partial charge in [0.05, 0.1) is 11.5 Å². The van der Waals surface area contributed by atoms with Crippen LogP contribution in [0, 0.1) is 10.1 Å². The monoisotopic (exact) mass is 389 g/mol. The van der Waals surface area contributed by atoms with Crippen LogP contribution in [0.15, 0.2) is 41.4 Å². The molecule has 156 valence electrons. The molecule has 0 spiro atoms. The van der Waals surface area contributed by atoms with Crippen molar-refractivity contribution in [2.24, 2.45) is 4.99 Å². The van der Waals surface area contributed by atoms with Crippen molar-refractivity contribution in [1.82, 2.24) is 15.5 Å². The van der Waals surface area contributed by atoms with Crippen molar-refractivity contribution in [2.45, 2.75) is 53.1 Å². The number of nitrogens with one attached hydrogen (secondary N) is 2. The molecule has 0 bridgehead atoms. The van der Waals surface area contributed by atoms with E-state index in [0.717, 1.165) is 49.6 Å². The standard InChI is InChI=1S/C21H35N5O2/c1-6-25(7-2)14-8-9-18(5)24-21(22-15-17(3)4)23-16-19-10-12-20(13-11-19)26(27)28/h10-13,18H,3,6-9,14-16H2,1-2,4-5H3,(H2,22,23,24). The predicted octanol–water partition coefficient (Wildman–Crippen LogP) is 3.72. The van der Waals surface area contributed by atoms with Gasteiger partial charge in [-0.15, -0.1) is 0 Å². The fourth-order valence-electron chi connectivity index (χ4n) is 2.75. The van der Waals surface area contributed by atoms with Crippen LogP contribution in [0.3, 0.4) is 0 Å². The van der Waals surface area contributed by atoms with Crippen molar-refractivity contribution >= 4 is 11.6 Å². The van der Waals surface area contributed by atoms with Gasteiger partial charge in [0, 0.05) is 24.7 Å². The summed E-state index contributed by atoms with van der Waals surface area (Å²) in [7, 11) is 0. The highest BCUT2D eigenvalue weighted by molar-refractivity contribution is 5.80. The number of nitro benzene ring substituents is 1. The summed E-state index contributed by atoms with van der Waals surface area (Å²) >= 11 is 0. The van der Waals surface area contributed by atoms with Crippen LogP contribution >= 0.6 is 0 Å². The van der Waals surface area contributed by atoms with Crippen molar-refractivity contribution < 1.29 is 4.92 Å². The highest BCUT2D eigenvalue weighted by Crippen LogP contribution is 2.12. The van der Waals surface area contributed by atoms with Crippen LogP contribution in [-0.4, -0.2) is 48.0 Å².